The Kier molecular flexibility index (Phi) is 5.42. The van der Waals surface area contributed by atoms with Gasteiger partial charge in [-0.1, -0.05) is 23.8 Å². The Morgan fingerprint density at radius 1 is 1.09 bits per heavy atom. The van der Waals surface area contributed by atoms with Crippen molar-refractivity contribution in [2.45, 2.75) is 13.3 Å². The van der Waals surface area contributed by atoms with Gasteiger partial charge in [0.1, 0.15) is 5.75 Å². The highest BCUT2D eigenvalue weighted by Gasteiger charge is 2.05. The Labute approximate surface area is 131 Å². The minimum atomic E-state index is 0.113. The molecule has 0 saturated carbocycles. The van der Waals surface area contributed by atoms with Gasteiger partial charge in [-0.2, -0.15) is 0 Å². The summed E-state index contributed by atoms with van der Waals surface area (Å²) in [7, 11) is 3.20. The zero-order chi connectivity index (χ0) is 15.9. The van der Waals surface area contributed by atoms with Gasteiger partial charge in [0.15, 0.2) is 11.5 Å². The zero-order valence-electron chi connectivity index (χ0n) is 13.2. The monoisotopic (exact) mass is 299 g/mol. The third-order valence-electron chi connectivity index (χ3n) is 3.43. The maximum atomic E-state index is 9.99. The lowest BCUT2D eigenvalue weighted by molar-refractivity contribution is 0.373. The smallest absolute Gasteiger partial charge is 0.166 e. The van der Waals surface area contributed by atoms with Crippen LogP contribution in [0.1, 0.15) is 16.7 Å². The normalized spacial score (nSPS) is 10.9. The minimum absolute atomic E-state index is 0.113. The fourth-order valence-corrected chi connectivity index (χ4v) is 2.26. The molecule has 22 heavy (non-hydrogen) atoms. The van der Waals surface area contributed by atoms with Crippen LogP contribution in [0.15, 0.2) is 41.4 Å². The van der Waals surface area contributed by atoms with Crippen LogP contribution in [0.3, 0.4) is 0 Å². The predicted octanol–water partition coefficient (Wildman–Crippen LogP) is 3.38. The number of aliphatic imine (C=N–C) groups is 1. The first-order valence-electron chi connectivity index (χ1n) is 7.15. The molecule has 0 aliphatic heterocycles. The van der Waals surface area contributed by atoms with E-state index in [0.29, 0.717) is 17.9 Å². The van der Waals surface area contributed by atoms with Gasteiger partial charge in [-0.3, -0.25) is 4.99 Å². The van der Waals surface area contributed by atoms with Gasteiger partial charge in [0.05, 0.1) is 14.2 Å². The van der Waals surface area contributed by atoms with E-state index in [1.54, 1.807) is 25.5 Å². The molecule has 2 aromatic rings. The lowest BCUT2D eigenvalue weighted by atomic mass is 10.1. The molecule has 0 bridgehead atoms. The second-order valence-electron chi connectivity index (χ2n) is 5.00. The van der Waals surface area contributed by atoms with Gasteiger partial charge in [0.2, 0.25) is 0 Å². The molecule has 2 aromatic carbocycles. The van der Waals surface area contributed by atoms with E-state index in [9.17, 15) is 5.11 Å². The number of hydrogen-bond donors (Lipinski definition) is 1. The maximum Gasteiger partial charge on any atom is 0.166 e. The summed E-state index contributed by atoms with van der Waals surface area (Å²) in [5, 5.41) is 9.99. The third-order valence-corrected chi connectivity index (χ3v) is 3.43. The Balaban J connectivity index is 2.04. The number of benzene rings is 2. The van der Waals surface area contributed by atoms with Crippen LogP contribution in [0.4, 0.5) is 0 Å². The van der Waals surface area contributed by atoms with E-state index in [-0.39, 0.29) is 5.75 Å². The first-order valence-corrected chi connectivity index (χ1v) is 7.15. The lowest BCUT2D eigenvalue weighted by Crippen LogP contribution is -1.96. The molecule has 0 aliphatic carbocycles. The number of para-hydroxylation sites is 1. The van der Waals surface area contributed by atoms with E-state index in [4.69, 9.17) is 9.47 Å². The van der Waals surface area contributed by atoms with Crippen LogP contribution < -0.4 is 9.47 Å². The number of aromatic hydroxyl groups is 1. The molecule has 116 valence electrons. The van der Waals surface area contributed by atoms with Gasteiger partial charge in [-0.25, -0.2) is 0 Å². The maximum absolute atomic E-state index is 9.99. The van der Waals surface area contributed by atoms with Crippen molar-refractivity contribution in [1.82, 2.24) is 0 Å². The Hall–Kier alpha value is -2.49. The lowest BCUT2D eigenvalue weighted by Gasteiger charge is -2.08. The van der Waals surface area contributed by atoms with Crippen LogP contribution in [0.2, 0.25) is 0 Å². The van der Waals surface area contributed by atoms with Crippen molar-refractivity contribution < 1.29 is 14.6 Å². The second kappa shape index (κ2) is 7.50. The van der Waals surface area contributed by atoms with E-state index in [1.165, 1.54) is 12.7 Å². The molecule has 4 heteroatoms. The summed E-state index contributed by atoms with van der Waals surface area (Å²) >= 11 is 0. The molecule has 0 saturated heterocycles. The molecule has 0 atom stereocenters. The fraction of sp³-hybridized carbons (Fsp3) is 0.278. The van der Waals surface area contributed by atoms with Crippen LogP contribution in [-0.2, 0) is 6.42 Å². The first-order chi connectivity index (χ1) is 10.7. The minimum Gasteiger partial charge on any atom is -0.504 e. The quantitative estimate of drug-likeness (QED) is 0.832. The van der Waals surface area contributed by atoms with Gasteiger partial charge in [0.25, 0.3) is 0 Å². The van der Waals surface area contributed by atoms with E-state index in [2.05, 4.69) is 18.0 Å². The van der Waals surface area contributed by atoms with Gasteiger partial charge in [0, 0.05) is 18.3 Å². The standard InChI is InChI=1S/C18H21NO3/c1-13-7-8-16(21-2)14(11-13)9-10-19-12-15-5-4-6-17(22-3)18(15)20/h4-8,11-12,20H,9-10H2,1-3H3. The number of methoxy groups -OCH3 is 2. The number of phenolic OH excluding ortho intramolecular Hbond substituents is 1. The molecule has 0 aromatic heterocycles. The van der Waals surface area contributed by atoms with Crippen molar-refractivity contribution in [3.63, 3.8) is 0 Å². The zero-order valence-corrected chi connectivity index (χ0v) is 13.2. The number of aryl methyl sites for hydroxylation is 1. The van der Waals surface area contributed by atoms with Crippen LogP contribution >= 0.6 is 0 Å². The number of ether oxygens (including phenoxy) is 2. The molecule has 4 nitrogen and oxygen atoms in total. The van der Waals surface area contributed by atoms with Crippen molar-refractivity contribution in [3.8, 4) is 17.2 Å². The number of hydrogen-bond acceptors (Lipinski definition) is 4. The van der Waals surface area contributed by atoms with Gasteiger partial charge in [-0.05, 0) is 37.1 Å². The third kappa shape index (κ3) is 3.79. The van der Waals surface area contributed by atoms with E-state index < -0.39 is 0 Å². The van der Waals surface area contributed by atoms with Crippen molar-refractivity contribution >= 4 is 6.21 Å². The number of rotatable bonds is 6. The van der Waals surface area contributed by atoms with E-state index >= 15 is 0 Å². The summed E-state index contributed by atoms with van der Waals surface area (Å²) in [6, 6.07) is 11.4. The topological polar surface area (TPSA) is 51.0 Å². The molecule has 0 radical (unpaired) electrons. The summed E-state index contributed by atoms with van der Waals surface area (Å²) in [5.41, 5.74) is 2.98. The highest BCUT2D eigenvalue weighted by atomic mass is 16.5. The van der Waals surface area contributed by atoms with Crippen molar-refractivity contribution in [2.24, 2.45) is 4.99 Å². The van der Waals surface area contributed by atoms with Crippen molar-refractivity contribution in [1.29, 1.82) is 0 Å². The van der Waals surface area contributed by atoms with Crippen molar-refractivity contribution in [2.75, 3.05) is 20.8 Å². The van der Waals surface area contributed by atoms with Crippen molar-refractivity contribution in [3.05, 3.63) is 53.1 Å². The molecule has 0 spiro atoms. The van der Waals surface area contributed by atoms with Crippen LogP contribution in [0.25, 0.3) is 0 Å². The molecule has 0 amide bonds. The van der Waals surface area contributed by atoms with Gasteiger partial charge in [-0.15, -0.1) is 0 Å². The van der Waals surface area contributed by atoms with Gasteiger partial charge >= 0.3 is 0 Å². The first kappa shape index (κ1) is 15.9. The number of nitrogens with zero attached hydrogens (tertiary/aromatic N) is 1. The molecule has 1 N–H and O–H groups in total. The second-order valence-corrected chi connectivity index (χ2v) is 5.00. The molecular formula is C18H21NO3. The average Bonchev–Trinajstić information content (AvgIpc) is 2.53. The SMILES string of the molecule is COc1ccc(C)cc1CCN=Cc1cccc(OC)c1O. The van der Waals surface area contributed by atoms with Gasteiger partial charge < -0.3 is 14.6 Å². The Bertz CT molecular complexity index is 665. The average molecular weight is 299 g/mol. The molecule has 0 unspecified atom stereocenters. The molecule has 0 aliphatic rings. The summed E-state index contributed by atoms with van der Waals surface area (Å²) in [4.78, 5) is 4.38. The molecule has 0 heterocycles. The fourth-order valence-electron chi connectivity index (χ4n) is 2.26. The summed E-state index contributed by atoms with van der Waals surface area (Å²) in [5.74, 6) is 1.44. The van der Waals surface area contributed by atoms with Crippen LogP contribution in [0.5, 0.6) is 17.2 Å². The Morgan fingerprint density at radius 2 is 1.86 bits per heavy atom. The van der Waals surface area contributed by atoms with Crippen LogP contribution in [-0.4, -0.2) is 32.1 Å². The Morgan fingerprint density at radius 3 is 2.59 bits per heavy atom. The van der Waals surface area contributed by atoms with E-state index in [1.807, 2.05) is 18.2 Å². The van der Waals surface area contributed by atoms with E-state index in [0.717, 1.165) is 17.7 Å². The summed E-state index contributed by atoms with van der Waals surface area (Å²) in [6.07, 6.45) is 2.45. The van der Waals surface area contributed by atoms with Crippen LogP contribution in [0, 0.1) is 6.92 Å². The molecular weight excluding hydrogens is 278 g/mol. The summed E-state index contributed by atoms with van der Waals surface area (Å²) < 4.78 is 10.4. The largest absolute Gasteiger partial charge is 0.504 e. The predicted molar refractivity (Wildman–Crippen MR) is 88.6 cm³/mol. The molecule has 2 rings (SSSR count). The highest BCUT2D eigenvalue weighted by molar-refractivity contribution is 5.84. The summed E-state index contributed by atoms with van der Waals surface area (Å²) in [6.45, 7) is 2.68. The highest BCUT2D eigenvalue weighted by Crippen LogP contribution is 2.28. The molecule has 0 fully saturated rings. The number of phenols is 1.